The first-order chi connectivity index (χ1) is 7.47. The van der Waals surface area contributed by atoms with Crippen molar-refractivity contribution in [2.45, 2.75) is 25.1 Å². The summed E-state index contributed by atoms with van der Waals surface area (Å²) < 4.78 is 49.9. The van der Waals surface area contributed by atoms with E-state index in [0.29, 0.717) is 18.0 Å². The summed E-state index contributed by atoms with van der Waals surface area (Å²) in [4.78, 5) is 0. The van der Waals surface area contributed by atoms with Gasteiger partial charge in [0.15, 0.2) is 0 Å². The van der Waals surface area contributed by atoms with Crippen molar-refractivity contribution in [2.24, 2.45) is 0 Å². The molecule has 1 aliphatic heterocycles. The van der Waals surface area contributed by atoms with Gasteiger partial charge < -0.3 is 5.32 Å². The van der Waals surface area contributed by atoms with Crippen LogP contribution in [-0.2, 0) is 12.6 Å². The van der Waals surface area contributed by atoms with Crippen LogP contribution in [0.4, 0.5) is 17.6 Å². The predicted molar refractivity (Wildman–Crippen MR) is 51.5 cm³/mol. The van der Waals surface area contributed by atoms with Crippen LogP contribution in [0.5, 0.6) is 0 Å². The first-order valence-electron chi connectivity index (χ1n) is 5.06. The van der Waals surface area contributed by atoms with Gasteiger partial charge in [-0.1, -0.05) is 6.07 Å². The van der Waals surface area contributed by atoms with Crippen molar-refractivity contribution in [1.82, 2.24) is 5.32 Å². The fourth-order valence-corrected chi connectivity index (χ4v) is 1.57. The summed E-state index contributed by atoms with van der Waals surface area (Å²) in [6.07, 6.45) is -3.17. The van der Waals surface area contributed by atoms with Crippen LogP contribution >= 0.6 is 0 Å². The summed E-state index contributed by atoms with van der Waals surface area (Å²) >= 11 is 0. The zero-order valence-electron chi connectivity index (χ0n) is 8.44. The standard InChI is InChI=1S/C11H11F4N/c12-10-5-7(1-3-8-6-16-8)2-4-9(10)11(13,14)15/h2,4-5,8,16H,1,3,6H2/t8-/m0/s1. The zero-order valence-corrected chi connectivity index (χ0v) is 8.44. The van der Waals surface area contributed by atoms with Gasteiger partial charge in [-0.05, 0) is 30.5 Å². The highest BCUT2D eigenvalue weighted by molar-refractivity contribution is 5.26. The molecule has 88 valence electrons. The molecule has 1 aliphatic rings. The maximum atomic E-state index is 13.2. The van der Waals surface area contributed by atoms with Crippen molar-refractivity contribution in [1.29, 1.82) is 0 Å². The fourth-order valence-electron chi connectivity index (χ4n) is 1.57. The minimum absolute atomic E-state index is 0.449. The van der Waals surface area contributed by atoms with Crippen molar-refractivity contribution in [3.63, 3.8) is 0 Å². The molecule has 2 rings (SSSR count). The summed E-state index contributed by atoms with van der Waals surface area (Å²) in [5.41, 5.74) is -0.583. The molecule has 1 atom stereocenters. The third-order valence-electron chi connectivity index (χ3n) is 2.61. The number of aryl methyl sites for hydroxylation is 1. The Kier molecular flexibility index (Phi) is 2.88. The second-order valence-corrected chi connectivity index (χ2v) is 3.96. The molecule has 0 spiro atoms. The topological polar surface area (TPSA) is 21.9 Å². The lowest BCUT2D eigenvalue weighted by atomic mass is 10.1. The Bertz CT molecular complexity index is 382. The third-order valence-corrected chi connectivity index (χ3v) is 2.61. The second kappa shape index (κ2) is 4.05. The maximum Gasteiger partial charge on any atom is 0.419 e. The summed E-state index contributed by atoms with van der Waals surface area (Å²) in [5.74, 6) is -1.19. The second-order valence-electron chi connectivity index (χ2n) is 3.96. The molecule has 0 saturated carbocycles. The lowest BCUT2D eigenvalue weighted by molar-refractivity contribution is -0.140. The van der Waals surface area contributed by atoms with Gasteiger partial charge in [0.25, 0.3) is 0 Å². The largest absolute Gasteiger partial charge is 0.419 e. The molecule has 0 aliphatic carbocycles. The van der Waals surface area contributed by atoms with E-state index in [1.165, 1.54) is 6.07 Å². The highest BCUT2D eigenvalue weighted by Gasteiger charge is 2.33. The average Bonchev–Trinajstić information content (AvgIpc) is 2.96. The van der Waals surface area contributed by atoms with Crippen LogP contribution in [0.1, 0.15) is 17.5 Å². The monoisotopic (exact) mass is 233 g/mol. The van der Waals surface area contributed by atoms with Gasteiger partial charge >= 0.3 is 6.18 Å². The molecule has 1 fully saturated rings. The van der Waals surface area contributed by atoms with Gasteiger partial charge in [0, 0.05) is 12.6 Å². The first kappa shape index (κ1) is 11.4. The van der Waals surface area contributed by atoms with E-state index in [-0.39, 0.29) is 0 Å². The number of rotatable bonds is 3. The Morgan fingerprint density at radius 2 is 2.00 bits per heavy atom. The Hall–Kier alpha value is -1.10. The first-order valence-corrected chi connectivity index (χ1v) is 5.06. The van der Waals surface area contributed by atoms with Crippen LogP contribution in [0.3, 0.4) is 0 Å². The minimum atomic E-state index is -4.61. The molecule has 0 unspecified atom stereocenters. The normalized spacial score (nSPS) is 19.9. The smallest absolute Gasteiger partial charge is 0.311 e. The molecule has 0 amide bonds. The van der Waals surface area contributed by atoms with Crippen molar-refractivity contribution in [3.05, 3.63) is 35.1 Å². The highest BCUT2D eigenvalue weighted by Crippen LogP contribution is 2.31. The van der Waals surface area contributed by atoms with Crippen LogP contribution in [0.15, 0.2) is 18.2 Å². The summed E-state index contributed by atoms with van der Waals surface area (Å²) in [6, 6.07) is 3.58. The SMILES string of the molecule is Fc1cc(CC[C@H]2CN2)ccc1C(F)(F)F. The number of alkyl halides is 3. The van der Waals surface area contributed by atoms with E-state index in [4.69, 9.17) is 0 Å². The molecular weight excluding hydrogens is 222 g/mol. The van der Waals surface area contributed by atoms with Crippen LogP contribution in [-0.4, -0.2) is 12.6 Å². The van der Waals surface area contributed by atoms with Crippen LogP contribution in [0, 0.1) is 5.82 Å². The van der Waals surface area contributed by atoms with E-state index in [0.717, 1.165) is 25.1 Å². The van der Waals surface area contributed by atoms with Gasteiger partial charge in [0.05, 0.1) is 5.56 Å². The number of benzene rings is 1. The van der Waals surface area contributed by atoms with E-state index in [1.54, 1.807) is 0 Å². The van der Waals surface area contributed by atoms with Crippen molar-refractivity contribution >= 4 is 0 Å². The Morgan fingerprint density at radius 1 is 1.31 bits per heavy atom. The Balaban J connectivity index is 2.08. The number of halogens is 4. The zero-order chi connectivity index (χ0) is 11.8. The quantitative estimate of drug-likeness (QED) is 0.629. The molecule has 0 aromatic heterocycles. The van der Waals surface area contributed by atoms with Crippen molar-refractivity contribution < 1.29 is 17.6 Å². The van der Waals surface area contributed by atoms with Gasteiger partial charge in [0.1, 0.15) is 5.82 Å². The third kappa shape index (κ3) is 2.72. The van der Waals surface area contributed by atoms with Gasteiger partial charge in [-0.2, -0.15) is 13.2 Å². The molecular formula is C11H11F4N. The van der Waals surface area contributed by atoms with Gasteiger partial charge in [-0.15, -0.1) is 0 Å². The Morgan fingerprint density at radius 3 is 2.50 bits per heavy atom. The molecule has 0 radical (unpaired) electrons. The number of hydrogen-bond donors (Lipinski definition) is 1. The van der Waals surface area contributed by atoms with Crippen molar-refractivity contribution in [2.75, 3.05) is 6.54 Å². The minimum Gasteiger partial charge on any atom is -0.311 e. The van der Waals surface area contributed by atoms with Gasteiger partial charge in [-0.25, -0.2) is 4.39 Å². The molecule has 16 heavy (non-hydrogen) atoms. The molecule has 1 aromatic rings. The lowest BCUT2D eigenvalue weighted by Crippen LogP contribution is -2.08. The van der Waals surface area contributed by atoms with E-state index >= 15 is 0 Å². The Labute approximate surface area is 90.5 Å². The van der Waals surface area contributed by atoms with Crippen LogP contribution in [0.25, 0.3) is 0 Å². The van der Waals surface area contributed by atoms with E-state index in [9.17, 15) is 17.6 Å². The van der Waals surface area contributed by atoms with Crippen LogP contribution < -0.4 is 5.32 Å². The molecule has 1 nitrogen and oxygen atoms in total. The number of hydrogen-bond acceptors (Lipinski definition) is 1. The lowest BCUT2D eigenvalue weighted by Gasteiger charge is -2.09. The predicted octanol–water partition coefficient (Wildman–Crippen LogP) is 2.75. The summed E-state index contributed by atoms with van der Waals surface area (Å²) in [5, 5.41) is 3.08. The average molecular weight is 233 g/mol. The fraction of sp³-hybridized carbons (Fsp3) is 0.455. The summed E-state index contributed by atoms with van der Waals surface area (Å²) in [6.45, 7) is 0.948. The maximum absolute atomic E-state index is 13.2. The molecule has 1 N–H and O–H groups in total. The van der Waals surface area contributed by atoms with Gasteiger partial charge in [0.2, 0.25) is 0 Å². The van der Waals surface area contributed by atoms with E-state index < -0.39 is 17.6 Å². The molecule has 0 bridgehead atoms. The molecule has 1 heterocycles. The highest BCUT2D eigenvalue weighted by atomic mass is 19.4. The van der Waals surface area contributed by atoms with Crippen LogP contribution in [0.2, 0.25) is 0 Å². The molecule has 5 heteroatoms. The van der Waals surface area contributed by atoms with Gasteiger partial charge in [-0.3, -0.25) is 0 Å². The van der Waals surface area contributed by atoms with Crippen molar-refractivity contribution in [3.8, 4) is 0 Å². The number of nitrogens with one attached hydrogen (secondary N) is 1. The van der Waals surface area contributed by atoms with E-state index in [2.05, 4.69) is 5.32 Å². The van der Waals surface area contributed by atoms with E-state index in [1.807, 2.05) is 0 Å². The molecule has 1 saturated heterocycles. The molecule has 1 aromatic carbocycles. The summed E-state index contributed by atoms with van der Waals surface area (Å²) in [7, 11) is 0.